The van der Waals surface area contributed by atoms with E-state index in [-0.39, 0.29) is 10.0 Å². The molecule has 0 bridgehead atoms. The van der Waals surface area contributed by atoms with Gasteiger partial charge in [-0.1, -0.05) is 35.5 Å². The molecule has 9 heteroatoms. The fourth-order valence-corrected chi connectivity index (χ4v) is 3.89. The minimum atomic E-state index is -4.52. The first-order valence-electron chi connectivity index (χ1n) is 8.24. The predicted octanol–water partition coefficient (Wildman–Crippen LogP) is 5.71. The summed E-state index contributed by atoms with van der Waals surface area (Å²) >= 11 is 7.00. The topological polar surface area (TPSA) is 50.3 Å². The number of fused-ring (bicyclic) bond motifs is 1. The maximum absolute atomic E-state index is 12.7. The Bertz CT molecular complexity index is 1100. The minimum absolute atomic E-state index is 0.116. The molecular weight excluding hydrogens is 425 g/mol. The van der Waals surface area contributed by atoms with Crippen molar-refractivity contribution in [2.75, 3.05) is 4.90 Å². The maximum Gasteiger partial charge on any atom is 0.417 e. The van der Waals surface area contributed by atoms with Crippen molar-refractivity contribution >= 4 is 40.9 Å². The van der Waals surface area contributed by atoms with E-state index in [1.54, 1.807) is 48.5 Å². The Kier molecular flexibility index (Phi) is 4.84. The van der Waals surface area contributed by atoms with Gasteiger partial charge in [-0.2, -0.15) is 13.2 Å². The predicted molar refractivity (Wildman–Crippen MR) is 102 cm³/mol. The number of imide groups is 1. The number of benzene rings is 2. The van der Waals surface area contributed by atoms with Crippen LogP contribution in [0.3, 0.4) is 0 Å². The van der Waals surface area contributed by atoms with Gasteiger partial charge in [0.15, 0.2) is 0 Å². The van der Waals surface area contributed by atoms with Crippen molar-refractivity contribution in [3.05, 3.63) is 82.5 Å². The van der Waals surface area contributed by atoms with E-state index in [0.717, 1.165) is 28.9 Å². The molecule has 29 heavy (non-hydrogen) atoms. The average Bonchev–Trinajstić information content (AvgIpc) is 2.94. The molecule has 0 saturated carbocycles. The number of hydrogen-bond donors (Lipinski definition) is 0. The van der Waals surface area contributed by atoms with Crippen LogP contribution in [0.4, 0.5) is 18.9 Å². The van der Waals surface area contributed by atoms with E-state index in [1.165, 1.54) is 0 Å². The number of rotatable bonds is 3. The summed E-state index contributed by atoms with van der Waals surface area (Å²) in [7, 11) is 0. The van der Waals surface area contributed by atoms with Crippen LogP contribution in [-0.4, -0.2) is 16.8 Å². The van der Waals surface area contributed by atoms with Crippen molar-refractivity contribution in [1.29, 1.82) is 0 Å². The Morgan fingerprint density at radius 2 is 1.52 bits per heavy atom. The third-order valence-corrected chi connectivity index (χ3v) is 5.66. The second-order valence-corrected chi connectivity index (χ2v) is 7.57. The summed E-state index contributed by atoms with van der Waals surface area (Å²) in [5.41, 5.74) is 0.160. The van der Waals surface area contributed by atoms with E-state index in [1.807, 2.05) is 0 Å². The fraction of sp³-hybridized carbons (Fsp3) is 0.0500. The van der Waals surface area contributed by atoms with Crippen LogP contribution in [0.15, 0.2) is 70.7 Å². The zero-order valence-electron chi connectivity index (χ0n) is 14.4. The third kappa shape index (κ3) is 3.61. The molecule has 4 rings (SSSR count). The monoisotopic (exact) mass is 434 g/mol. The molecule has 146 valence electrons. The molecule has 0 spiro atoms. The summed E-state index contributed by atoms with van der Waals surface area (Å²) in [5.74, 6) is -0.808. The van der Waals surface area contributed by atoms with Crippen LogP contribution in [-0.2, 0) is 6.18 Å². The molecule has 2 heterocycles. The van der Waals surface area contributed by atoms with Crippen LogP contribution in [0, 0.1) is 0 Å². The van der Waals surface area contributed by atoms with E-state index < -0.39 is 23.6 Å². The first kappa shape index (κ1) is 19.5. The number of amides is 2. The largest absolute Gasteiger partial charge is 0.417 e. The van der Waals surface area contributed by atoms with Gasteiger partial charge in [0.25, 0.3) is 11.8 Å². The summed E-state index contributed by atoms with van der Waals surface area (Å²) in [4.78, 5) is 30.6. The minimum Gasteiger partial charge on any atom is -0.268 e. The summed E-state index contributed by atoms with van der Waals surface area (Å²) in [6.07, 6.45) is -3.80. The third-order valence-electron chi connectivity index (χ3n) is 4.24. The zero-order chi connectivity index (χ0) is 20.8. The highest BCUT2D eigenvalue weighted by molar-refractivity contribution is 7.99. The standard InChI is InChI=1S/C20H10ClF3N2O2S/c21-16-9-11(20(22,23)24)10-25-17(16)29-13-7-5-12(6-8-13)26-18(27)14-3-1-2-4-15(14)19(26)28/h1-10H. The molecule has 1 aromatic heterocycles. The lowest BCUT2D eigenvalue weighted by Gasteiger charge is -2.14. The van der Waals surface area contributed by atoms with Gasteiger partial charge in [0.2, 0.25) is 0 Å². The molecule has 1 aliphatic heterocycles. The molecule has 0 unspecified atom stereocenters. The van der Waals surface area contributed by atoms with Crippen molar-refractivity contribution in [3.63, 3.8) is 0 Å². The van der Waals surface area contributed by atoms with E-state index in [9.17, 15) is 22.8 Å². The second kappa shape index (κ2) is 7.20. The Hall–Kier alpha value is -2.84. The number of anilines is 1. The van der Waals surface area contributed by atoms with Crippen LogP contribution in [0.25, 0.3) is 0 Å². The number of nitrogens with zero attached hydrogens (tertiary/aromatic N) is 2. The zero-order valence-corrected chi connectivity index (χ0v) is 16.0. The highest BCUT2D eigenvalue weighted by Crippen LogP contribution is 2.37. The van der Waals surface area contributed by atoms with Gasteiger partial charge in [-0.05, 0) is 42.5 Å². The lowest BCUT2D eigenvalue weighted by atomic mass is 10.1. The second-order valence-electron chi connectivity index (χ2n) is 6.10. The molecule has 3 aromatic rings. The van der Waals surface area contributed by atoms with Gasteiger partial charge in [0, 0.05) is 11.1 Å². The van der Waals surface area contributed by atoms with Gasteiger partial charge < -0.3 is 0 Å². The van der Waals surface area contributed by atoms with Gasteiger partial charge in [-0.3, -0.25) is 9.59 Å². The molecule has 0 radical (unpaired) electrons. The summed E-state index contributed by atoms with van der Waals surface area (Å²) in [6.45, 7) is 0. The summed E-state index contributed by atoms with van der Waals surface area (Å²) in [5, 5.41) is 0.0994. The van der Waals surface area contributed by atoms with Gasteiger partial charge >= 0.3 is 6.18 Å². The van der Waals surface area contributed by atoms with Crippen LogP contribution in [0.2, 0.25) is 5.02 Å². The number of carbonyl (C=O) groups is 2. The Morgan fingerprint density at radius 1 is 0.931 bits per heavy atom. The van der Waals surface area contributed by atoms with Crippen molar-refractivity contribution in [2.45, 2.75) is 16.1 Å². The maximum atomic E-state index is 12.7. The first-order chi connectivity index (χ1) is 13.8. The number of carbonyl (C=O) groups excluding carboxylic acids is 2. The SMILES string of the molecule is O=C1c2ccccc2C(=O)N1c1ccc(Sc2ncc(C(F)(F)F)cc2Cl)cc1. The fourth-order valence-electron chi connectivity index (χ4n) is 2.85. The highest BCUT2D eigenvalue weighted by atomic mass is 35.5. The molecule has 4 nitrogen and oxygen atoms in total. The normalized spacial score (nSPS) is 13.7. The number of pyridine rings is 1. The van der Waals surface area contributed by atoms with Crippen LogP contribution in [0.1, 0.15) is 26.3 Å². The molecular formula is C20H10ClF3N2O2S. The molecule has 0 N–H and O–H groups in total. The van der Waals surface area contributed by atoms with Crippen LogP contribution < -0.4 is 4.90 Å². The molecule has 2 amide bonds. The number of hydrogen-bond acceptors (Lipinski definition) is 4. The molecule has 0 atom stereocenters. The first-order valence-corrected chi connectivity index (χ1v) is 9.43. The Balaban J connectivity index is 1.55. The number of halogens is 4. The van der Waals surface area contributed by atoms with Gasteiger partial charge in [0.05, 0.1) is 27.4 Å². The average molecular weight is 435 g/mol. The highest BCUT2D eigenvalue weighted by Gasteiger charge is 2.36. The van der Waals surface area contributed by atoms with Crippen LogP contribution in [0.5, 0.6) is 0 Å². The van der Waals surface area contributed by atoms with E-state index in [0.29, 0.717) is 21.7 Å². The van der Waals surface area contributed by atoms with Crippen molar-refractivity contribution < 1.29 is 22.8 Å². The van der Waals surface area contributed by atoms with Crippen molar-refractivity contribution in [2.24, 2.45) is 0 Å². The van der Waals surface area contributed by atoms with E-state index >= 15 is 0 Å². The Morgan fingerprint density at radius 3 is 2.03 bits per heavy atom. The molecule has 1 aliphatic rings. The van der Waals surface area contributed by atoms with Gasteiger partial charge in [-0.15, -0.1) is 0 Å². The molecule has 0 saturated heterocycles. The van der Waals surface area contributed by atoms with Crippen LogP contribution >= 0.6 is 23.4 Å². The smallest absolute Gasteiger partial charge is 0.268 e. The van der Waals surface area contributed by atoms with Crippen molar-refractivity contribution in [3.8, 4) is 0 Å². The van der Waals surface area contributed by atoms with Crippen molar-refractivity contribution in [1.82, 2.24) is 4.98 Å². The lowest BCUT2D eigenvalue weighted by Crippen LogP contribution is -2.29. The molecule has 0 aliphatic carbocycles. The van der Waals surface area contributed by atoms with Gasteiger partial charge in [0.1, 0.15) is 5.03 Å². The summed E-state index contributed by atoms with van der Waals surface area (Å²) in [6, 6.07) is 13.8. The number of alkyl halides is 3. The summed E-state index contributed by atoms with van der Waals surface area (Å²) < 4.78 is 38.1. The number of aromatic nitrogens is 1. The van der Waals surface area contributed by atoms with E-state index in [2.05, 4.69) is 4.98 Å². The van der Waals surface area contributed by atoms with Gasteiger partial charge in [-0.25, -0.2) is 9.88 Å². The molecule has 2 aromatic carbocycles. The van der Waals surface area contributed by atoms with E-state index in [4.69, 9.17) is 11.6 Å². The molecule has 0 fully saturated rings. The lowest BCUT2D eigenvalue weighted by molar-refractivity contribution is -0.137. The Labute approximate surface area is 172 Å². The quantitative estimate of drug-likeness (QED) is 0.496.